The number of hydrogen-bond acceptors (Lipinski definition) is 5. The van der Waals surface area contributed by atoms with Gasteiger partial charge in [0.1, 0.15) is 11.5 Å². The van der Waals surface area contributed by atoms with Gasteiger partial charge in [0.2, 0.25) is 5.91 Å². The van der Waals surface area contributed by atoms with Gasteiger partial charge in [0.15, 0.2) is 0 Å². The van der Waals surface area contributed by atoms with Crippen molar-refractivity contribution in [1.29, 1.82) is 0 Å². The second-order valence-corrected chi connectivity index (χ2v) is 8.92. The van der Waals surface area contributed by atoms with Crippen LogP contribution in [0.1, 0.15) is 53.3 Å². The van der Waals surface area contributed by atoms with E-state index < -0.39 is 0 Å². The molecule has 0 aliphatic rings. The zero-order valence-corrected chi connectivity index (χ0v) is 21.2. The molecule has 0 bridgehead atoms. The summed E-state index contributed by atoms with van der Waals surface area (Å²) >= 11 is 0. The molecule has 0 saturated heterocycles. The monoisotopic (exact) mass is 476 g/mol. The van der Waals surface area contributed by atoms with Gasteiger partial charge in [-0.05, 0) is 62.1 Å². The minimum atomic E-state index is -0.362. The van der Waals surface area contributed by atoms with E-state index in [4.69, 9.17) is 9.15 Å². The second kappa shape index (κ2) is 12.9. The van der Waals surface area contributed by atoms with Gasteiger partial charge >= 0.3 is 5.97 Å². The molecule has 3 rings (SSSR count). The van der Waals surface area contributed by atoms with Gasteiger partial charge < -0.3 is 14.1 Å². The lowest BCUT2D eigenvalue weighted by Gasteiger charge is -2.31. The van der Waals surface area contributed by atoms with Gasteiger partial charge in [0.05, 0.1) is 25.8 Å². The number of nitrogens with zero attached hydrogens (tertiary/aromatic N) is 2. The van der Waals surface area contributed by atoms with Crippen LogP contribution in [0.25, 0.3) is 0 Å². The Kier molecular flexibility index (Phi) is 9.67. The first kappa shape index (κ1) is 26.2. The quantitative estimate of drug-likeness (QED) is 0.334. The minimum absolute atomic E-state index is 0.0550. The average Bonchev–Trinajstić information content (AvgIpc) is 3.30. The summed E-state index contributed by atoms with van der Waals surface area (Å²) in [6, 6.07) is 21.7. The predicted octanol–water partition coefficient (Wildman–Crippen LogP) is 5.25. The molecule has 3 aromatic rings. The van der Waals surface area contributed by atoms with Gasteiger partial charge in [0.25, 0.3) is 0 Å². The molecule has 0 N–H and O–H groups in total. The molecule has 6 nitrogen and oxygen atoms in total. The highest BCUT2D eigenvalue weighted by atomic mass is 16.5. The van der Waals surface area contributed by atoms with Crippen LogP contribution in [0.15, 0.2) is 71.1 Å². The number of carbonyl (C=O) groups excluding carboxylic acids is 2. The van der Waals surface area contributed by atoms with E-state index in [0.29, 0.717) is 25.2 Å². The highest BCUT2D eigenvalue weighted by Crippen LogP contribution is 2.16. The van der Waals surface area contributed by atoms with Crippen molar-refractivity contribution in [1.82, 2.24) is 9.80 Å². The maximum absolute atomic E-state index is 13.6. The van der Waals surface area contributed by atoms with Crippen LogP contribution in [-0.2, 0) is 29.0 Å². The third kappa shape index (κ3) is 7.82. The summed E-state index contributed by atoms with van der Waals surface area (Å²) in [5.41, 5.74) is 2.68. The van der Waals surface area contributed by atoms with Crippen molar-refractivity contribution in [3.63, 3.8) is 0 Å². The molecule has 1 aromatic heterocycles. The van der Waals surface area contributed by atoms with Gasteiger partial charge in [0, 0.05) is 19.1 Å². The number of rotatable bonds is 12. The van der Waals surface area contributed by atoms with Gasteiger partial charge in [-0.25, -0.2) is 4.79 Å². The van der Waals surface area contributed by atoms with Gasteiger partial charge in [-0.1, -0.05) is 49.4 Å². The Morgan fingerprint density at radius 3 is 2.37 bits per heavy atom. The van der Waals surface area contributed by atoms with Crippen molar-refractivity contribution in [3.8, 4) is 0 Å². The molecule has 1 atom stereocenters. The number of esters is 1. The lowest BCUT2D eigenvalue weighted by Crippen LogP contribution is -2.43. The number of methoxy groups -OCH3 is 1. The molecule has 1 amide bonds. The predicted molar refractivity (Wildman–Crippen MR) is 137 cm³/mol. The third-order valence-corrected chi connectivity index (χ3v) is 6.29. The van der Waals surface area contributed by atoms with Gasteiger partial charge in [-0.3, -0.25) is 9.69 Å². The Morgan fingerprint density at radius 2 is 1.71 bits per heavy atom. The molecular formula is C29H36N2O4. The fourth-order valence-electron chi connectivity index (χ4n) is 4.01. The molecule has 0 saturated carbocycles. The standard InChI is InChI=1S/C29H36N2O4/c1-5-22(2)31(19-25-12-9-13-26(18-25)29(33)34-4)21-28(32)30(20-27-15-14-23(3)35-27)17-16-24-10-7-6-8-11-24/h6-15,18,22H,5,16-17,19-21H2,1-4H3/t22-/m0/s1. The van der Waals surface area contributed by atoms with E-state index in [1.165, 1.54) is 12.7 Å². The summed E-state index contributed by atoms with van der Waals surface area (Å²) in [7, 11) is 1.38. The summed E-state index contributed by atoms with van der Waals surface area (Å²) in [6.07, 6.45) is 1.68. The first-order valence-corrected chi connectivity index (χ1v) is 12.2. The van der Waals surface area contributed by atoms with Crippen molar-refractivity contribution in [3.05, 3.63) is 94.9 Å². The van der Waals surface area contributed by atoms with Gasteiger partial charge in [-0.15, -0.1) is 0 Å². The van der Waals surface area contributed by atoms with Crippen LogP contribution < -0.4 is 0 Å². The molecule has 2 aromatic carbocycles. The summed E-state index contributed by atoms with van der Waals surface area (Å²) in [5, 5.41) is 0. The fraction of sp³-hybridized carbons (Fsp3) is 0.379. The SMILES string of the molecule is CC[C@H](C)N(CC(=O)N(CCc1ccccc1)Cc1ccc(C)o1)Cc1cccc(C(=O)OC)c1. The number of furan rings is 1. The summed E-state index contributed by atoms with van der Waals surface area (Å²) < 4.78 is 10.6. The first-order valence-electron chi connectivity index (χ1n) is 12.2. The second-order valence-electron chi connectivity index (χ2n) is 8.92. The van der Waals surface area contributed by atoms with Crippen molar-refractivity contribution in [2.75, 3.05) is 20.2 Å². The number of ether oxygens (including phenoxy) is 1. The van der Waals surface area contributed by atoms with Crippen LogP contribution in [0.5, 0.6) is 0 Å². The first-order chi connectivity index (χ1) is 16.9. The van der Waals surface area contributed by atoms with Crippen LogP contribution >= 0.6 is 0 Å². The maximum atomic E-state index is 13.6. The molecule has 0 radical (unpaired) electrons. The third-order valence-electron chi connectivity index (χ3n) is 6.29. The molecule has 35 heavy (non-hydrogen) atoms. The van der Waals surface area contributed by atoms with E-state index in [9.17, 15) is 9.59 Å². The van der Waals surface area contributed by atoms with E-state index in [0.717, 1.165) is 29.9 Å². The largest absolute Gasteiger partial charge is 0.465 e. The molecule has 0 aliphatic carbocycles. The Balaban J connectivity index is 1.75. The van der Waals surface area contributed by atoms with Crippen molar-refractivity contribution >= 4 is 11.9 Å². The van der Waals surface area contributed by atoms with E-state index in [2.05, 4.69) is 30.9 Å². The van der Waals surface area contributed by atoms with Crippen LogP contribution in [0, 0.1) is 6.92 Å². The normalized spacial score (nSPS) is 11.9. The fourth-order valence-corrected chi connectivity index (χ4v) is 4.01. The topological polar surface area (TPSA) is 63.0 Å². The lowest BCUT2D eigenvalue weighted by molar-refractivity contribution is -0.134. The maximum Gasteiger partial charge on any atom is 0.337 e. The van der Waals surface area contributed by atoms with Crippen molar-refractivity contribution in [2.45, 2.75) is 52.7 Å². The molecule has 186 valence electrons. The Hall–Kier alpha value is -3.38. The number of aryl methyl sites for hydroxylation is 1. The zero-order valence-electron chi connectivity index (χ0n) is 21.2. The van der Waals surface area contributed by atoms with E-state index in [-0.39, 0.29) is 24.5 Å². The van der Waals surface area contributed by atoms with Crippen molar-refractivity contribution < 1.29 is 18.7 Å². The Bertz CT molecular complexity index is 1090. The minimum Gasteiger partial charge on any atom is -0.465 e. The van der Waals surface area contributed by atoms with Gasteiger partial charge in [-0.2, -0.15) is 0 Å². The number of carbonyl (C=O) groups is 2. The van der Waals surface area contributed by atoms with Crippen molar-refractivity contribution in [2.24, 2.45) is 0 Å². The highest BCUT2D eigenvalue weighted by Gasteiger charge is 2.22. The molecule has 1 heterocycles. The van der Waals surface area contributed by atoms with E-state index >= 15 is 0 Å². The molecule has 0 spiro atoms. The molecule has 0 unspecified atom stereocenters. The molecule has 0 aliphatic heterocycles. The van der Waals surface area contributed by atoms with E-state index in [1.54, 1.807) is 6.07 Å². The van der Waals surface area contributed by atoms with Crippen LogP contribution in [0.3, 0.4) is 0 Å². The smallest absolute Gasteiger partial charge is 0.337 e. The van der Waals surface area contributed by atoms with Crippen LogP contribution in [0.2, 0.25) is 0 Å². The molecular weight excluding hydrogens is 440 g/mol. The van der Waals surface area contributed by atoms with Crippen LogP contribution in [-0.4, -0.2) is 47.9 Å². The van der Waals surface area contributed by atoms with E-state index in [1.807, 2.05) is 60.4 Å². The lowest BCUT2D eigenvalue weighted by atomic mass is 10.1. The molecule has 0 fully saturated rings. The highest BCUT2D eigenvalue weighted by molar-refractivity contribution is 5.89. The van der Waals surface area contributed by atoms with Crippen LogP contribution in [0.4, 0.5) is 0 Å². The number of benzene rings is 2. The summed E-state index contributed by atoms with van der Waals surface area (Å²) in [4.78, 5) is 29.6. The Morgan fingerprint density at radius 1 is 0.971 bits per heavy atom. The summed E-state index contributed by atoms with van der Waals surface area (Å²) in [5.74, 6) is 1.31. The zero-order chi connectivity index (χ0) is 25.2. The number of hydrogen-bond donors (Lipinski definition) is 0. The molecule has 6 heteroatoms. The average molecular weight is 477 g/mol. The Labute approximate surface area is 208 Å². The summed E-state index contributed by atoms with van der Waals surface area (Å²) in [6.45, 7) is 8.05. The number of amides is 1.